The van der Waals surface area contributed by atoms with Gasteiger partial charge in [-0.2, -0.15) is 0 Å². The Morgan fingerprint density at radius 1 is 0.560 bits per heavy atom. The number of anilines is 1. The standard InChI is InChI=1S/C16H14O2.C6H7N/c17-15(11-13-7-3-1-4-8-13)16(18)12-14-9-5-2-6-10-14;7-6-4-2-1-3-5-6/h1-10H,11-12H2;1-5H,7H2. The van der Waals surface area contributed by atoms with Crippen molar-refractivity contribution >= 4 is 17.3 Å². The Balaban J connectivity index is 0.000000269. The third kappa shape index (κ3) is 6.83. The molecule has 0 unspecified atom stereocenters. The zero-order chi connectivity index (χ0) is 17.9. The monoisotopic (exact) mass is 331 g/mol. The molecule has 2 N–H and O–H groups in total. The van der Waals surface area contributed by atoms with Crippen LogP contribution in [0, 0.1) is 0 Å². The third-order valence-corrected chi connectivity index (χ3v) is 3.53. The number of nitrogen functional groups attached to an aromatic ring is 1. The molecule has 3 rings (SSSR count). The van der Waals surface area contributed by atoms with Gasteiger partial charge >= 0.3 is 0 Å². The minimum Gasteiger partial charge on any atom is -0.399 e. The number of benzene rings is 3. The SMILES string of the molecule is Nc1ccccc1.O=C(Cc1ccccc1)C(=O)Cc1ccccc1. The summed E-state index contributed by atoms with van der Waals surface area (Å²) in [6, 6.07) is 28.1. The molecule has 0 aromatic heterocycles. The second-order valence-corrected chi connectivity index (χ2v) is 5.58. The molecule has 0 saturated heterocycles. The lowest BCUT2D eigenvalue weighted by Crippen LogP contribution is -2.18. The van der Waals surface area contributed by atoms with E-state index in [9.17, 15) is 9.59 Å². The van der Waals surface area contributed by atoms with Crippen molar-refractivity contribution < 1.29 is 9.59 Å². The molecule has 0 amide bonds. The van der Waals surface area contributed by atoms with E-state index in [1.807, 2.05) is 91.0 Å². The number of Topliss-reactive ketones (excluding diaryl/α,β-unsaturated/α-hetero) is 2. The van der Waals surface area contributed by atoms with Gasteiger partial charge in [-0.3, -0.25) is 9.59 Å². The zero-order valence-electron chi connectivity index (χ0n) is 14.0. The maximum Gasteiger partial charge on any atom is 0.203 e. The van der Waals surface area contributed by atoms with E-state index in [1.54, 1.807) is 0 Å². The molecule has 0 aliphatic rings. The molecule has 3 heteroatoms. The van der Waals surface area contributed by atoms with E-state index >= 15 is 0 Å². The summed E-state index contributed by atoms with van der Waals surface area (Å²) in [5.41, 5.74) is 7.94. The second-order valence-electron chi connectivity index (χ2n) is 5.58. The summed E-state index contributed by atoms with van der Waals surface area (Å²) in [6.07, 6.45) is 0.374. The van der Waals surface area contributed by atoms with Gasteiger partial charge in [0.1, 0.15) is 0 Å². The third-order valence-electron chi connectivity index (χ3n) is 3.53. The van der Waals surface area contributed by atoms with Gasteiger partial charge in [-0.25, -0.2) is 0 Å². The maximum atomic E-state index is 11.8. The van der Waals surface area contributed by atoms with Crippen LogP contribution in [0.1, 0.15) is 11.1 Å². The highest BCUT2D eigenvalue weighted by Crippen LogP contribution is 2.04. The first-order valence-electron chi connectivity index (χ1n) is 8.09. The molecule has 3 nitrogen and oxygen atoms in total. The number of carbonyl (C=O) groups excluding carboxylic acids is 2. The first kappa shape index (κ1) is 18.1. The molecule has 0 spiro atoms. The Morgan fingerprint density at radius 3 is 1.16 bits per heavy atom. The summed E-state index contributed by atoms with van der Waals surface area (Å²) in [6.45, 7) is 0. The summed E-state index contributed by atoms with van der Waals surface area (Å²) in [4.78, 5) is 23.5. The van der Waals surface area contributed by atoms with Crippen LogP contribution in [-0.2, 0) is 22.4 Å². The van der Waals surface area contributed by atoms with E-state index in [-0.39, 0.29) is 24.4 Å². The first-order chi connectivity index (χ1) is 12.1. The van der Waals surface area contributed by atoms with Crippen molar-refractivity contribution in [3.05, 3.63) is 102 Å². The highest BCUT2D eigenvalue weighted by Gasteiger charge is 2.14. The molecule has 25 heavy (non-hydrogen) atoms. The lowest BCUT2D eigenvalue weighted by molar-refractivity contribution is -0.135. The molecule has 126 valence electrons. The second kappa shape index (κ2) is 9.83. The Kier molecular flexibility index (Phi) is 7.13. The van der Waals surface area contributed by atoms with Gasteiger partial charge < -0.3 is 5.73 Å². The summed E-state index contributed by atoms with van der Waals surface area (Å²) >= 11 is 0. The predicted octanol–water partition coefficient (Wildman–Crippen LogP) is 3.88. The van der Waals surface area contributed by atoms with Crippen molar-refractivity contribution in [3.8, 4) is 0 Å². The number of rotatable bonds is 5. The van der Waals surface area contributed by atoms with Crippen LogP contribution in [0.3, 0.4) is 0 Å². The average molecular weight is 331 g/mol. The summed E-state index contributed by atoms with van der Waals surface area (Å²) in [7, 11) is 0. The van der Waals surface area contributed by atoms with Crippen LogP contribution in [-0.4, -0.2) is 11.6 Å². The van der Waals surface area contributed by atoms with Crippen molar-refractivity contribution in [3.63, 3.8) is 0 Å². The number of ketones is 2. The largest absolute Gasteiger partial charge is 0.399 e. The highest BCUT2D eigenvalue weighted by molar-refractivity contribution is 6.38. The molecular weight excluding hydrogens is 310 g/mol. The Hall–Kier alpha value is -3.20. The van der Waals surface area contributed by atoms with Gasteiger partial charge in [0.2, 0.25) is 11.6 Å². The van der Waals surface area contributed by atoms with E-state index in [0.29, 0.717) is 0 Å². The molecule has 3 aromatic rings. The van der Waals surface area contributed by atoms with Crippen LogP contribution in [0.4, 0.5) is 5.69 Å². The molecule has 0 heterocycles. The van der Waals surface area contributed by atoms with Gasteiger partial charge in [-0.05, 0) is 23.3 Å². The van der Waals surface area contributed by atoms with Gasteiger partial charge in [-0.15, -0.1) is 0 Å². The van der Waals surface area contributed by atoms with Gasteiger partial charge in [0.05, 0.1) is 0 Å². The lowest BCUT2D eigenvalue weighted by Gasteiger charge is -2.01. The number of carbonyl (C=O) groups is 2. The van der Waals surface area contributed by atoms with Crippen molar-refractivity contribution in [1.29, 1.82) is 0 Å². The minimum atomic E-state index is -0.329. The molecule has 0 aliphatic heterocycles. The predicted molar refractivity (Wildman–Crippen MR) is 101 cm³/mol. The van der Waals surface area contributed by atoms with Gasteiger partial charge in [-0.1, -0.05) is 78.9 Å². The number of para-hydroxylation sites is 1. The Bertz CT molecular complexity index is 733. The van der Waals surface area contributed by atoms with Crippen molar-refractivity contribution in [1.82, 2.24) is 0 Å². The average Bonchev–Trinajstić information content (AvgIpc) is 2.64. The Labute approximate surface area is 148 Å². The topological polar surface area (TPSA) is 60.2 Å². The Morgan fingerprint density at radius 2 is 0.880 bits per heavy atom. The van der Waals surface area contributed by atoms with Crippen LogP contribution in [0.2, 0.25) is 0 Å². The molecule has 0 saturated carbocycles. The van der Waals surface area contributed by atoms with Gasteiger partial charge in [0, 0.05) is 18.5 Å². The molecule has 0 fully saturated rings. The fourth-order valence-corrected chi connectivity index (χ4v) is 2.21. The van der Waals surface area contributed by atoms with E-state index in [4.69, 9.17) is 5.73 Å². The van der Waals surface area contributed by atoms with Crippen molar-refractivity contribution in [2.24, 2.45) is 0 Å². The lowest BCUT2D eigenvalue weighted by atomic mass is 10.0. The minimum absolute atomic E-state index is 0.187. The zero-order valence-corrected chi connectivity index (χ0v) is 14.0. The van der Waals surface area contributed by atoms with Crippen LogP contribution < -0.4 is 5.73 Å². The van der Waals surface area contributed by atoms with E-state index in [2.05, 4.69) is 0 Å². The van der Waals surface area contributed by atoms with Gasteiger partial charge in [0.25, 0.3) is 0 Å². The maximum absolute atomic E-state index is 11.8. The molecule has 0 atom stereocenters. The van der Waals surface area contributed by atoms with Crippen molar-refractivity contribution in [2.45, 2.75) is 12.8 Å². The normalized spacial score (nSPS) is 9.60. The number of hydrogen-bond acceptors (Lipinski definition) is 3. The van der Waals surface area contributed by atoms with Crippen LogP contribution in [0.5, 0.6) is 0 Å². The molecule has 0 bridgehead atoms. The van der Waals surface area contributed by atoms with Crippen LogP contribution >= 0.6 is 0 Å². The van der Waals surface area contributed by atoms with Crippen LogP contribution in [0.25, 0.3) is 0 Å². The first-order valence-corrected chi connectivity index (χ1v) is 8.09. The van der Waals surface area contributed by atoms with E-state index in [0.717, 1.165) is 16.8 Å². The molecular formula is C22H21NO2. The van der Waals surface area contributed by atoms with E-state index in [1.165, 1.54) is 0 Å². The van der Waals surface area contributed by atoms with Gasteiger partial charge in [0.15, 0.2) is 0 Å². The summed E-state index contributed by atoms with van der Waals surface area (Å²) in [5, 5.41) is 0. The van der Waals surface area contributed by atoms with E-state index < -0.39 is 0 Å². The fourth-order valence-electron chi connectivity index (χ4n) is 2.21. The molecule has 0 aliphatic carbocycles. The van der Waals surface area contributed by atoms with Crippen molar-refractivity contribution in [2.75, 3.05) is 5.73 Å². The van der Waals surface area contributed by atoms with Crippen LogP contribution in [0.15, 0.2) is 91.0 Å². The number of hydrogen-bond donors (Lipinski definition) is 1. The number of nitrogens with two attached hydrogens (primary N) is 1. The summed E-state index contributed by atoms with van der Waals surface area (Å²) < 4.78 is 0. The smallest absolute Gasteiger partial charge is 0.203 e. The quantitative estimate of drug-likeness (QED) is 0.570. The fraction of sp³-hybridized carbons (Fsp3) is 0.0909. The molecule has 0 radical (unpaired) electrons. The highest BCUT2D eigenvalue weighted by atomic mass is 16.2. The molecule has 3 aromatic carbocycles. The summed E-state index contributed by atoms with van der Waals surface area (Å²) in [5.74, 6) is -0.657.